The Balaban J connectivity index is 1.38. The van der Waals surface area contributed by atoms with Gasteiger partial charge in [0, 0.05) is 29.7 Å². The molecule has 1 aliphatic heterocycles. The van der Waals surface area contributed by atoms with Crippen molar-refractivity contribution in [2.45, 2.75) is 69.9 Å². The van der Waals surface area contributed by atoms with Crippen LogP contribution in [0.3, 0.4) is 0 Å². The van der Waals surface area contributed by atoms with Crippen molar-refractivity contribution in [3.05, 3.63) is 46.8 Å². The van der Waals surface area contributed by atoms with Crippen LogP contribution in [0.4, 0.5) is 0 Å². The van der Waals surface area contributed by atoms with Crippen molar-refractivity contribution in [2.75, 3.05) is 6.61 Å². The molecule has 0 spiro atoms. The van der Waals surface area contributed by atoms with Gasteiger partial charge in [0.25, 0.3) is 0 Å². The predicted molar refractivity (Wildman–Crippen MR) is 104 cm³/mol. The van der Waals surface area contributed by atoms with E-state index >= 15 is 0 Å². The highest BCUT2D eigenvalue weighted by Gasteiger charge is 2.49. The molecule has 0 radical (unpaired) electrons. The number of aryl methyl sites for hydroxylation is 1. The van der Waals surface area contributed by atoms with E-state index < -0.39 is 0 Å². The van der Waals surface area contributed by atoms with Crippen LogP contribution in [0.15, 0.2) is 24.4 Å². The normalized spacial score (nSPS) is 23.5. The predicted octanol–water partition coefficient (Wildman–Crippen LogP) is 4.00. The summed E-state index contributed by atoms with van der Waals surface area (Å²) in [6.45, 7) is 3.90. The first-order valence-corrected chi connectivity index (χ1v) is 10.4. The van der Waals surface area contributed by atoms with E-state index in [0.717, 1.165) is 43.7 Å². The minimum atomic E-state index is 0.0347. The molecule has 3 fully saturated rings. The average Bonchev–Trinajstić information content (AvgIpc) is 3.62. The van der Waals surface area contributed by atoms with Crippen molar-refractivity contribution in [2.24, 2.45) is 5.92 Å². The van der Waals surface area contributed by atoms with E-state index in [9.17, 15) is 0 Å². The Kier molecular flexibility index (Phi) is 4.28. The van der Waals surface area contributed by atoms with Crippen LogP contribution in [0, 0.1) is 24.7 Å². The van der Waals surface area contributed by atoms with Crippen LogP contribution in [0.5, 0.6) is 0 Å². The van der Waals surface area contributed by atoms with Crippen LogP contribution in [-0.2, 0) is 16.7 Å². The summed E-state index contributed by atoms with van der Waals surface area (Å²) in [6, 6.07) is 6.66. The second-order valence-corrected chi connectivity index (χ2v) is 8.47. The van der Waals surface area contributed by atoms with Gasteiger partial charge < -0.3 is 4.74 Å². The van der Waals surface area contributed by atoms with Gasteiger partial charge in [-0.25, -0.2) is 4.68 Å². The lowest BCUT2D eigenvalue weighted by Crippen LogP contribution is -2.24. The van der Waals surface area contributed by atoms with Crippen LogP contribution in [0.1, 0.15) is 67.3 Å². The molecule has 0 amide bonds. The number of nitrogens with zero attached hydrogens (tertiary/aromatic N) is 3. The lowest BCUT2D eigenvalue weighted by molar-refractivity contribution is 0.00369. The summed E-state index contributed by atoms with van der Waals surface area (Å²) in [4.78, 5) is 0. The molecule has 140 valence electrons. The van der Waals surface area contributed by atoms with E-state index in [1.807, 2.05) is 4.68 Å². The van der Waals surface area contributed by atoms with E-state index in [1.165, 1.54) is 36.8 Å². The molecule has 4 heteroatoms. The van der Waals surface area contributed by atoms with Crippen molar-refractivity contribution in [3.8, 4) is 11.8 Å². The zero-order valence-electron chi connectivity index (χ0n) is 16.1. The maximum Gasteiger partial charge on any atom is 0.0932 e. The Morgan fingerprint density at radius 2 is 2.11 bits per heavy atom. The summed E-state index contributed by atoms with van der Waals surface area (Å²) in [5.41, 5.74) is 4.98. The fourth-order valence-corrected chi connectivity index (χ4v) is 4.18. The molecule has 27 heavy (non-hydrogen) atoms. The zero-order valence-corrected chi connectivity index (χ0v) is 16.1. The van der Waals surface area contributed by atoms with Gasteiger partial charge in [-0.2, -0.15) is 0 Å². The Labute approximate surface area is 161 Å². The molecule has 5 rings (SSSR count). The molecular formula is C23H27N3O. The van der Waals surface area contributed by atoms with Gasteiger partial charge in [-0.05, 0) is 75.1 Å². The van der Waals surface area contributed by atoms with Crippen molar-refractivity contribution in [1.29, 1.82) is 0 Å². The fourth-order valence-electron chi connectivity index (χ4n) is 4.18. The third kappa shape index (κ3) is 3.53. The standard InChI is InChI=1S/C23H27N3O/c1-17-5-6-19(10-9-18-7-8-18)14-21(17)23(11-12-23)22-16-26(25-24-22)15-20-4-2-3-13-27-20/h5-6,14,16,18,20H,2-4,7-8,11-13,15H2,1H3. The van der Waals surface area contributed by atoms with Crippen LogP contribution in [-0.4, -0.2) is 27.7 Å². The zero-order chi connectivity index (χ0) is 18.3. The third-order valence-electron chi connectivity index (χ3n) is 6.19. The van der Waals surface area contributed by atoms with Gasteiger partial charge in [0.15, 0.2) is 0 Å². The number of hydrogen-bond acceptors (Lipinski definition) is 3. The molecule has 0 N–H and O–H groups in total. The maximum atomic E-state index is 5.86. The Morgan fingerprint density at radius 1 is 1.22 bits per heavy atom. The van der Waals surface area contributed by atoms with Gasteiger partial charge in [-0.1, -0.05) is 23.1 Å². The first-order valence-electron chi connectivity index (χ1n) is 10.4. The van der Waals surface area contributed by atoms with Gasteiger partial charge >= 0.3 is 0 Å². The summed E-state index contributed by atoms with van der Waals surface area (Å²) in [5.74, 6) is 7.39. The topological polar surface area (TPSA) is 39.9 Å². The average molecular weight is 361 g/mol. The minimum Gasteiger partial charge on any atom is -0.376 e. The summed E-state index contributed by atoms with van der Waals surface area (Å²) >= 11 is 0. The van der Waals surface area contributed by atoms with Gasteiger partial charge in [0.05, 0.1) is 18.3 Å². The molecule has 2 heterocycles. The molecule has 1 aromatic heterocycles. The van der Waals surface area contributed by atoms with E-state index in [-0.39, 0.29) is 11.5 Å². The molecule has 1 aromatic carbocycles. The minimum absolute atomic E-state index is 0.0347. The molecule has 3 aliphatic rings. The molecule has 1 unspecified atom stereocenters. The quantitative estimate of drug-likeness (QED) is 0.773. The van der Waals surface area contributed by atoms with E-state index in [1.54, 1.807) is 0 Å². The molecule has 2 aromatic rings. The van der Waals surface area contributed by atoms with Gasteiger partial charge in [0.2, 0.25) is 0 Å². The first kappa shape index (κ1) is 17.0. The highest BCUT2D eigenvalue weighted by molar-refractivity contribution is 5.50. The highest BCUT2D eigenvalue weighted by Crippen LogP contribution is 2.53. The van der Waals surface area contributed by atoms with Crippen molar-refractivity contribution in [3.63, 3.8) is 0 Å². The van der Waals surface area contributed by atoms with Crippen LogP contribution >= 0.6 is 0 Å². The highest BCUT2D eigenvalue weighted by atomic mass is 16.5. The summed E-state index contributed by atoms with van der Waals surface area (Å²) in [7, 11) is 0. The number of ether oxygens (including phenoxy) is 1. The lowest BCUT2D eigenvalue weighted by Gasteiger charge is -2.22. The largest absolute Gasteiger partial charge is 0.376 e. The van der Waals surface area contributed by atoms with Gasteiger partial charge in [0.1, 0.15) is 0 Å². The molecule has 1 atom stereocenters. The number of hydrogen-bond donors (Lipinski definition) is 0. The maximum absolute atomic E-state index is 5.86. The summed E-state index contributed by atoms with van der Waals surface area (Å²) in [5, 5.41) is 8.99. The third-order valence-corrected chi connectivity index (χ3v) is 6.19. The lowest BCUT2D eigenvalue weighted by atomic mass is 9.88. The van der Waals surface area contributed by atoms with Crippen LogP contribution in [0.2, 0.25) is 0 Å². The Bertz CT molecular complexity index is 890. The molecule has 2 saturated carbocycles. The summed E-state index contributed by atoms with van der Waals surface area (Å²) < 4.78 is 7.84. The molecule has 1 saturated heterocycles. The van der Waals surface area contributed by atoms with E-state index in [0.29, 0.717) is 5.92 Å². The fraction of sp³-hybridized carbons (Fsp3) is 0.565. The van der Waals surface area contributed by atoms with Crippen molar-refractivity contribution < 1.29 is 4.74 Å². The Morgan fingerprint density at radius 3 is 2.85 bits per heavy atom. The van der Waals surface area contributed by atoms with E-state index in [2.05, 4.69) is 53.5 Å². The van der Waals surface area contributed by atoms with Gasteiger partial charge in [-0.15, -0.1) is 5.10 Å². The van der Waals surface area contributed by atoms with Crippen molar-refractivity contribution >= 4 is 0 Å². The number of benzene rings is 1. The molecule has 0 bridgehead atoms. The van der Waals surface area contributed by atoms with Crippen LogP contribution < -0.4 is 0 Å². The van der Waals surface area contributed by atoms with Gasteiger partial charge in [-0.3, -0.25) is 0 Å². The molecule has 2 aliphatic carbocycles. The second-order valence-electron chi connectivity index (χ2n) is 8.47. The summed E-state index contributed by atoms with van der Waals surface area (Å²) in [6.07, 6.45) is 10.8. The molecule has 4 nitrogen and oxygen atoms in total. The Hall–Kier alpha value is -2.12. The first-order chi connectivity index (χ1) is 13.2. The van der Waals surface area contributed by atoms with Crippen LogP contribution in [0.25, 0.3) is 0 Å². The second kappa shape index (κ2) is 6.80. The smallest absolute Gasteiger partial charge is 0.0932 e. The van der Waals surface area contributed by atoms with E-state index in [4.69, 9.17) is 4.74 Å². The van der Waals surface area contributed by atoms with Crippen molar-refractivity contribution in [1.82, 2.24) is 15.0 Å². The SMILES string of the molecule is Cc1ccc(C#CC2CC2)cc1C1(c2cn(CC3CCCCO3)nn2)CC1. The molecular weight excluding hydrogens is 334 g/mol. The number of aromatic nitrogens is 3. The monoisotopic (exact) mass is 361 g/mol. The number of rotatable bonds is 4.